The second-order valence-corrected chi connectivity index (χ2v) is 5.89. The zero-order valence-corrected chi connectivity index (χ0v) is 15.0. The van der Waals surface area contributed by atoms with Crippen LogP contribution in [0.3, 0.4) is 0 Å². The Morgan fingerprint density at radius 1 is 1.08 bits per heavy atom. The van der Waals surface area contributed by atoms with E-state index >= 15 is 0 Å². The van der Waals surface area contributed by atoms with Crippen LogP contribution >= 0.6 is 0 Å². The molecule has 5 nitrogen and oxygen atoms in total. The predicted molar refractivity (Wildman–Crippen MR) is 94.4 cm³/mol. The molecule has 2 aromatic carbocycles. The molecule has 0 radical (unpaired) electrons. The summed E-state index contributed by atoms with van der Waals surface area (Å²) in [5, 5.41) is 3.17. The Bertz CT molecular complexity index is 736. The molecular formula is C19H22F2N2O3. The summed E-state index contributed by atoms with van der Waals surface area (Å²) in [7, 11) is 5.05. The smallest absolute Gasteiger partial charge is 0.414 e. The molecule has 26 heavy (non-hydrogen) atoms. The Morgan fingerprint density at radius 2 is 1.73 bits per heavy atom. The number of rotatable bonds is 7. The Labute approximate surface area is 151 Å². The highest BCUT2D eigenvalue weighted by molar-refractivity contribution is 5.69. The first-order valence-electron chi connectivity index (χ1n) is 8.15. The van der Waals surface area contributed by atoms with E-state index in [1.807, 2.05) is 19.2 Å². The van der Waals surface area contributed by atoms with Gasteiger partial charge in [-0.15, -0.1) is 0 Å². The molecular weight excluding hydrogens is 342 g/mol. The summed E-state index contributed by atoms with van der Waals surface area (Å²) in [6.07, 6.45) is 0.176. The number of halogens is 2. The van der Waals surface area contributed by atoms with Gasteiger partial charge in [-0.25, -0.2) is 13.6 Å². The maximum Gasteiger partial charge on any atom is 0.414 e. The average Bonchev–Trinajstić information content (AvgIpc) is 2.62. The van der Waals surface area contributed by atoms with Crippen LogP contribution in [-0.4, -0.2) is 38.7 Å². The number of benzene rings is 2. The van der Waals surface area contributed by atoms with Crippen molar-refractivity contribution in [1.29, 1.82) is 0 Å². The van der Waals surface area contributed by atoms with Crippen LogP contribution in [0.4, 0.5) is 13.6 Å². The molecule has 2 aromatic rings. The van der Waals surface area contributed by atoms with Crippen molar-refractivity contribution < 1.29 is 23.0 Å². The molecule has 140 valence electrons. The molecule has 0 heterocycles. The van der Waals surface area contributed by atoms with E-state index in [0.29, 0.717) is 18.8 Å². The molecule has 1 atom stereocenters. The Hall–Kier alpha value is -2.67. The molecule has 1 N–H and O–H groups in total. The van der Waals surface area contributed by atoms with Crippen molar-refractivity contribution in [3.05, 3.63) is 59.7 Å². The summed E-state index contributed by atoms with van der Waals surface area (Å²) in [5.74, 6) is -1.10. The molecule has 0 bridgehead atoms. The second-order valence-electron chi connectivity index (χ2n) is 5.89. The van der Waals surface area contributed by atoms with E-state index in [0.717, 1.165) is 17.7 Å². The number of hydrogen-bond donors (Lipinski definition) is 1. The van der Waals surface area contributed by atoms with Crippen molar-refractivity contribution in [2.75, 3.05) is 27.7 Å². The van der Waals surface area contributed by atoms with Crippen LogP contribution in [0.5, 0.6) is 11.5 Å². The minimum Gasteiger partial charge on any atom is -0.493 e. The van der Waals surface area contributed by atoms with Crippen molar-refractivity contribution in [3.63, 3.8) is 0 Å². The molecule has 1 unspecified atom stereocenters. The molecule has 0 aliphatic carbocycles. The number of carbonyl (C=O) groups excluding carboxylic acids is 1. The van der Waals surface area contributed by atoms with Gasteiger partial charge in [0.2, 0.25) is 0 Å². The molecule has 0 spiro atoms. The highest BCUT2D eigenvalue weighted by Crippen LogP contribution is 2.22. The highest BCUT2D eigenvalue weighted by Gasteiger charge is 2.12. The maximum atomic E-state index is 13.2. The SMILES string of the molecule is CNC(CCOc1ccc(F)c(F)c1)c1ccc(OC(=O)N(C)C)cc1. The molecule has 0 saturated carbocycles. The van der Waals surface area contributed by atoms with Gasteiger partial charge in [-0.05, 0) is 36.9 Å². The normalized spacial score (nSPS) is 11.7. The quantitative estimate of drug-likeness (QED) is 0.813. The minimum absolute atomic E-state index is 0.00102. The number of nitrogens with zero attached hydrogens (tertiary/aromatic N) is 1. The number of ether oxygens (including phenoxy) is 2. The lowest BCUT2D eigenvalue weighted by molar-refractivity contribution is 0.172. The monoisotopic (exact) mass is 364 g/mol. The van der Waals surface area contributed by atoms with Crippen LogP contribution in [-0.2, 0) is 0 Å². The molecule has 1 amide bonds. The summed E-state index contributed by atoms with van der Waals surface area (Å²) in [6, 6.07) is 10.6. The van der Waals surface area contributed by atoms with E-state index in [4.69, 9.17) is 9.47 Å². The lowest BCUT2D eigenvalue weighted by Crippen LogP contribution is -2.25. The largest absolute Gasteiger partial charge is 0.493 e. The second kappa shape index (κ2) is 9.15. The van der Waals surface area contributed by atoms with E-state index in [1.54, 1.807) is 26.2 Å². The molecule has 0 aliphatic rings. The first-order valence-corrected chi connectivity index (χ1v) is 8.15. The van der Waals surface area contributed by atoms with Gasteiger partial charge in [0.1, 0.15) is 11.5 Å². The summed E-state index contributed by atoms with van der Waals surface area (Å²) in [4.78, 5) is 12.9. The minimum atomic E-state index is -0.935. The predicted octanol–water partition coefficient (Wildman–Crippen LogP) is 3.75. The van der Waals surface area contributed by atoms with Crippen molar-refractivity contribution in [2.45, 2.75) is 12.5 Å². The topological polar surface area (TPSA) is 50.8 Å². The number of carbonyl (C=O) groups is 1. The standard InChI is InChI=1S/C19H22F2N2O3/c1-22-18(10-11-25-15-8-9-16(20)17(21)12-15)13-4-6-14(7-5-13)26-19(24)23(2)3/h4-9,12,18,22H,10-11H2,1-3H3. The van der Waals surface area contributed by atoms with Crippen LogP contribution in [0.25, 0.3) is 0 Å². The van der Waals surface area contributed by atoms with Gasteiger partial charge in [-0.1, -0.05) is 12.1 Å². The first kappa shape index (κ1) is 19.7. The number of amides is 1. The van der Waals surface area contributed by atoms with Crippen LogP contribution in [0.1, 0.15) is 18.0 Å². The maximum absolute atomic E-state index is 13.2. The molecule has 7 heteroatoms. The highest BCUT2D eigenvalue weighted by atomic mass is 19.2. The van der Waals surface area contributed by atoms with Crippen molar-refractivity contribution in [1.82, 2.24) is 10.2 Å². The van der Waals surface area contributed by atoms with Crippen LogP contribution in [0.2, 0.25) is 0 Å². The fourth-order valence-corrected chi connectivity index (χ4v) is 2.30. The summed E-state index contributed by atoms with van der Waals surface area (Å²) in [5.41, 5.74) is 0.992. The van der Waals surface area contributed by atoms with E-state index in [9.17, 15) is 13.6 Å². The lowest BCUT2D eigenvalue weighted by atomic mass is 10.0. The molecule has 2 rings (SSSR count). The molecule has 0 aromatic heterocycles. The summed E-state index contributed by atoms with van der Waals surface area (Å²) < 4.78 is 36.7. The Balaban J connectivity index is 1.91. The third kappa shape index (κ3) is 5.42. The Morgan fingerprint density at radius 3 is 2.31 bits per heavy atom. The van der Waals surface area contributed by atoms with E-state index in [-0.39, 0.29) is 11.8 Å². The molecule has 0 fully saturated rings. The van der Waals surface area contributed by atoms with Gasteiger partial charge < -0.3 is 19.7 Å². The van der Waals surface area contributed by atoms with Gasteiger partial charge in [0, 0.05) is 32.6 Å². The van der Waals surface area contributed by atoms with Crippen molar-refractivity contribution in [2.24, 2.45) is 0 Å². The van der Waals surface area contributed by atoms with Gasteiger partial charge in [0.15, 0.2) is 11.6 Å². The molecule has 0 aliphatic heterocycles. The number of hydrogen-bond acceptors (Lipinski definition) is 4. The summed E-state index contributed by atoms with van der Waals surface area (Å²) in [6.45, 7) is 0.327. The third-order valence-electron chi connectivity index (χ3n) is 3.77. The van der Waals surface area contributed by atoms with Crippen LogP contribution in [0, 0.1) is 11.6 Å². The lowest BCUT2D eigenvalue weighted by Gasteiger charge is -2.18. The van der Waals surface area contributed by atoms with E-state index in [1.165, 1.54) is 11.0 Å². The van der Waals surface area contributed by atoms with Gasteiger partial charge in [-0.3, -0.25) is 0 Å². The average molecular weight is 364 g/mol. The van der Waals surface area contributed by atoms with Crippen LogP contribution < -0.4 is 14.8 Å². The molecule has 0 saturated heterocycles. The fraction of sp³-hybridized carbons (Fsp3) is 0.316. The zero-order chi connectivity index (χ0) is 19.1. The summed E-state index contributed by atoms with van der Waals surface area (Å²) >= 11 is 0. The Kier molecular flexibility index (Phi) is 6.91. The van der Waals surface area contributed by atoms with Crippen molar-refractivity contribution >= 4 is 6.09 Å². The van der Waals surface area contributed by atoms with Gasteiger partial charge >= 0.3 is 6.09 Å². The first-order chi connectivity index (χ1) is 12.4. The van der Waals surface area contributed by atoms with Gasteiger partial charge in [0.05, 0.1) is 6.61 Å². The van der Waals surface area contributed by atoms with Crippen LogP contribution in [0.15, 0.2) is 42.5 Å². The van der Waals surface area contributed by atoms with E-state index < -0.39 is 17.7 Å². The van der Waals surface area contributed by atoms with Gasteiger partial charge in [0.25, 0.3) is 0 Å². The fourth-order valence-electron chi connectivity index (χ4n) is 2.30. The third-order valence-corrected chi connectivity index (χ3v) is 3.77. The van der Waals surface area contributed by atoms with Crippen molar-refractivity contribution in [3.8, 4) is 11.5 Å². The van der Waals surface area contributed by atoms with Gasteiger partial charge in [-0.2, -0.15) is 0 Å². The van der Waals surface area contributed by atoms with E-state index in [2.05, 4.69) is 5.32 Å². The zero-order valence-electron chi connectivity index (χ0n) is 15.0. The number of nitrogens with one attached hydrogen (secondary N) is 1.